The van der Waals surface area contributed by atoms with E-state index in [4.69, 9.17) is 13.5 Å². The molecule has 6 aromatic carbocycles. The van der Waals surface area contributed by atoms with Crippen molar-refractivity contribution in [3.8, 4) is 28.2 Å². The number of hydrogen-bond donors (Lipinski definition) is 0. The Hall–Kier alpha value is -5.74. The maximum absolute atomic E-state index is 8.63. The predicted molar refractivity (Wildman–Crippen MR) is 213 cm³/mol. The van der Waals surface area contributed by atoms with Crippen LogP contribution in [0, 0.1) is 13.8 Å². The van der Waals surface area contributed by atoms with Crippen molar-refractivity contribution in [1.29, 1.82) is 0 Å². The smallest absolute Gasteiger partial charge is 0.299 e. The second-order valence-electron chi connectivity index (χ2n) is 14.5. The standard InChI is InChI=1S/C47H42N3O/c1-27(2)37-25-33(31-15-9-8-10-16-31)26-38(28(3)4)44(37)50-40-20-14-13-19-39(40)49(7)47(50)41-29(5)21-23-36-42-35-24-22-32-17-11-12-18-34(32)43(35)48-30(6)45(42)51-46(36)41/h8-28H,1-7H3/q+1/i6D3. The topological polar surface area (TPSA) is 34.8 Å². The van der Waals surface area contributed by atoms with Crippen LogP contribution in [0.3, 0.4) is 0 Å². The zero-order chi connectivity index (χ0) is 37.6. The van der Waals surface area contributed by atoms with Gasteiger partial charge in [-0.05, 0) is 72.0 Å². The lowest BCUT2D eigenvalue weighted by Gasteiger charge is -2.21. The van der Waals surface area contributed by atoms with Crippen LogP contribution in [0.4, 0.5) is 0 Å². The third kappa shape index (κ3) is 4.66. The van der Waals surface area contributed by atoms with Gasteiger partial charge in [0.2, 0.25) is 0 Å². The van der Waals surface area contributed by atoms with Crippen LogP contribution in [-0.4, -0.2) is 9.55 Å². The van der Waals surface area contributed by atoms with Gasteiger partial charge in [-0.2, -0.15) is 4.57 Å². The lowest BCUT2D eigenvalue weighted by Crippen LogP contribution is -2.30. The third-order valence-corrected chi connectivity index (χ3v) is 10.7. The van der Waals surface area contributed by atoms with Gasteiger partial charge in [-0.15, -0.1) is 0 Å². The minimum absolute atomic E-state index is 0.0215. The van der Waals surface area contributed by atoms with E-state index in [1.807, 2.05) is 24.3 Å². The molecule has 0 saturated heterocycles. The average Bonchev–Trinajstić information content (AvgIpc) is 3.69. The van der Waals surface area contributed by atoms with E-state index in [1.165, 1.54) is 27.9 Å². The molecule has 0 unspecified atom stereocenters. The summed E-state index contributed by atoms with van der Waals surface area (Å²) in [5.41, 5.74) is 11.8. The second kappa shape index (κ2) is 11.7. The Balaban J connectivity index is 1.45. The number of nitrogens with zero attached hydrogens (tertiary/aromatic N) is 3. The molecule has 0 saturated carbocycles. The zero-order valence-electron chi connectivity index (χ0n) is 32.9. The van der Waals surface area contributed by atoms with Crippen LogP contribution in [0.15, 0.2) is 120 Å². The highest BCUT2D eigenvalue weighted by molar-refractivity contribution is 6.24. The van der Waals surface area contributed by atoms with Crippen molar-refractivity contribution in [1.82, 2.24) is 9.55 Å². The molecule has 0 N–H and O–H groups in total. The normalized spacial score (nSPS) is 13.3. The molecule has 3 heterocycles. The lowest BCUT2D eigenvalue weighted by atomic mass is 9.88. The van der Waals surface area contributed by atoms with Gasteiger partial charge in [-0.3, -0.25) is 0 Å². The number of hydrogen-bond acceptors (Lipinski definition) is 2. The summed E-state index contributed by atoms with van der Waals surface area (Å²) in [6.07, 6.45) is 0. The van der Waals surface area contributed by atoms with Gasteiger partial charge in [0.1, 0.15) is 11.3 Å². The number of rotatable bonds is 5. The summed E-state index contributed by atoms with van der Waals surface area (Å²) in [6, 6.07) is 40.3. The number of benzene rings is 6. The maximum Gasteiger partial charge on any atom is 0.299 e. The minimum Gasteiger partial charge on any atom is -0.453 e. The van der Waals surface area contributed by atoms with Crippen molar-refractivity contribution in [3.05, 3.63) is 138 Å². The van der Waals surface area contributed by atoms with Gasteiger partial charge in [0.15, 0.2) is 22.2 Å². The van der Waals surface area contributed by atoms with Gasteiger partial charge in [0, 0.05) is 36.8 Å². The first-order chi connectivity index (χ1) is 25.9. The van der Waals surface area contributed by atoms with E-state index in [-0.39, 0.29) is 17.5 Å². The fourth-order valence-corrected chi connectivity index (χ4v) is 8.15. The molecule has 0 atom stereocenters. The van der Waals surface area contributed by atoms with E-state index in [0.29, 0.717) is 16.7 Å². The summed E-state index contributed by atoms with van der Waals surface area (Å²) in [4.78, 5) is 4.87. The highest BCUT2D eigenvalue weighted by Gasteiger charge is 2.34. The maximum atomic E-state index is 8.63. The SMILES string of the molecule is [2H]C([2H])([2H])c1nc2c3ccccc3ccc2c2c1oc1c(-c3n(-c4c(C(C)C)cc(-c5ccccc5)cc4C(C)C)c4ccccc4[n+]3C)c(C)ccc12. The van der Waals surface area contributed by atoms with E-state index in [9.17, 15) is 0 Å². The third-order valence-electron chi connectivity index (χ3n) is 10.7. The summed E-state index contributed by atoms with van der Waals surface area (Å²) in [5, 5.41) is 4.43. The summed E-state index contributed by atoms with van der Waals surface area (Å²) in [5.74, 6) is 1.41. The first kappa shape index (κ1) is 28.0. The molecule has 0 spiro atoms. The van der Waals surface area contributed by atoms with Crippen molar-refractivity contribution in [2.45, 2.75) is 53.3 Å². The van der Waals surface area contributed by atoms with Crippen LogP contribution in [-0.2, 0) is 7.05 Å². The number of pyridine rings is 1. The Kier molecular flexibility index (Phi) is 6.41. The van der Waals surface area contributed by atoms with Gasteiger partial charge >= 0.3 is 0 Å². The molecule has 0 aliphatic carbocycles. The van der Waals surface area contributed by atoms with Crippen LogP contribution in [0.1, 0.15) is 66.0 Å². The van der Waals surface area contributed by atoms with Gasteiger partial charge in [0.25, 0.3) is 5.82 Å². The van der Waals surface area contributed by atoms with Crippen LogP contribution >= 0.6 is 0 Å². The fraction of sp³-hybridized carbons (Fsp3) is 0.191. The molecule has 0 aliphatic heterocycles. The Morgan fingerprint density at radius 1 is 0.706 bits per heavy atom. The van der Waals surface area contributed by atoms with Crippen LogP contribution in [0.2, 0.25) is 0 Å². The Morgan fingerprint density at radius 2 is 1.39 bits per heavy atom. The monoisotopic (exact) mass is 667 g/mol. The van der Waals surface area contributed by atoms with E-state index in [2.05, 4.69) is 142 Å². The molecule has 0 bridgehead atoms. The first-order valence-corrected chi connectivity index (χ1v) is 17.8. The quantitative estimate of drug-likeness (QED) is 0.135. The molecule has 9 aromatic rings. The summed E-state index contributed by atoms with van der Waals surface area (Å²) in [6.45, 7) is 8.70. The molecule has 250 valence electrons. The molecule has 4 heteroatoms. The van der Waals surface area contributed by atoms with Crippen molar-refractivity contribution in [2.24, 2.45) is 7.05 Å². The molecule has 0 fully saturated rings. The lowest BCUT2D eigenvalue weighted by molar-refractivity contribution is -0.633. The first-order valence-electron chi connectivity index (χ1n) is 19.3. The molecular formula is C47H42N3O+. The molecule has 0 amide bonds. The Bertz CT molecular complexity index is 2920. The molecule has 9 rings (SSSR count). The van der Waals surface area contributed by atoms with Crippen LogP contribution < -0.4 is 4.57 Å². The van der Waals surface area contributed by atoms with E-state index in [0.717, 1.165) is 54.9 Å². The highest BCUT2D eigenvalue weighted by Crippen LogP contribution is 2.45. The number of para-hydroxylation sites is 2. The average molecular weight is 668 g/mol. The van der Waals surface area contributed by atoms with Crippen LogP contribution in [0.25, 0.3) is 82.8 Å². The number of aromatic nitrogens is 3. The van der Waals surface area contributed by atoms with E-state index >= 15 is 0 Å². The number of aryl methyl sites for hydroxylation is 3. The fourth-order valence-electron chi connectivity index (χ4n) is 8.15. The number of furan rings is 1. The predicted octanol–water partition coefficient (Wildman–Crippen LogP) is 12.3. The minimum atomic E-state index is -2.50. The Morgan fingerprint density at radius 3 is 2.14 bits per heavy atom. The largest absolute Gasteiger partial charge is 0.453 e. The van der Waals surface area contributed by atoms with Crippen molar-refractivity contribution >= 4 is 54.6 Å². The Labute approximate surface area is 302 Å². The van der Waals surface area contributed by atoms with Crippen molar-refractivity contribution < 1.29 is 13.1 Å². The van der Waals surface area contributed by atoms with E-state index in [1.54, 1.807) is 0 Å². The van der Waals surface area contributed by atoms with Gasteiger partial charge in [0.05, 0.1) is 18.3 Å². The molecule has 51 heavy (non-hydrogen) atoms. The van der Waals surface area contributed by atoms with Gasteiger partial charge in [-0.1, -0.05) is 119 Å². The highest BCUT2D eigenvalue weighted by atomic mass is 16.3. The van der Waals surface area contributed by atoms with Gasteiger partial charge < -0.3 is 4.42 Å². The number of fused-ring (bicyclic) bond motifs is 8. The molecule has 0 aliphatic rings. The van der Waals surface area contributed by atoms with Crippen LogP contribution in [0.5, 0.6) is 0 Å². The summed E-state index contributed by atoms with van der Waals surface area (Å²) < 4.78 is 37.5. The van der Waals surface area contributed by atoms with E-state index < -0.39 is 6.85 Å². The van der Waals surface area contributed by atoms with Gasteiger partial charge in [-0.25, -0.2) is 9.55 Å². The summed E-state index contributed by atoms with van der Waals surface area (Å²) in [7, 11) is 2.12. The summed E-state index contributed by atoms with van der Waals surface area (Å²) >= 11 is 0. The molecule has 0 radical (unpaired) electrons. The van der Waals surface area contributed by atoms with Crippen molar-refractivity contribution in [3.63, 3.8) is 0 Å². The molecule has 3 aromatic heterocycles. The second-order valence-corrected chi connectivity index (χ2v) is 14.5. The van der Waals surface area contributed by atoms with Crippen molar-refractivity contribution in [2.75, 3.05) is 0 Å². The number of imidazole rings is 1. The molecule has 4 nitrogen and oxygen atoms in total. The zero-order valence-corrected chi connectivity index (χ0v) is 29.9. The molecular weight excluding hydrogens is 623 g/mol.